The van der Waals surface area contributed by atoms with Crippen molar-refractivity contribution in [1.29, 1.82) is 0 Å². The summed E-state index contributed by atoms with van der Waals surface area (Å²) in [5.41, 5.74) is 5.77. The molecule has 0 fully saturated rings. The van der Waals surface area contributed by atoms with Gasteiger partial charge in [0.15, 0.2) is 0 Å². The van der Waals surface area contributed by atoms with Crippen molar-refractivity contribution in [2.75, 3.05) is 0 Å². The fourth-order valence-electron chi connectivity index (χ4n) is 2.45. The van der Waals surface area contributed by atoms with Gasteiger partial charge in [-0.3, -0.25) is 24.0 Å². The number of aliphatic carboxylic acids is 2. The van der Waals surface area contributed by atoms with Crippen LogP contribution in [0, 0.1) is 5.92 Å². The van der Waals surface area contributed by atoms with Crippen LogP contribution in [0.4, 0.5) is 0 Å². The molecule has 0 saturated carbocycles. The van der Waals surface area contributed by atoms with Gasteiger partial charge in [-0.05, 0) is 32.6 Å². The zero-order valence-corrected chi connectivity index (χ0v) is 17.5. The molecule has 0 aromatic rings. The van der Waals surface area contributed by atoms with E-state index in [4.69, 9.17) is 15.9 Å². The molecule has 30 heavy (non-hydrogen) atoms. The Bertz CT molecular complexity index is 638. The largest absolute Gasteiger partial charge is 0.481 e. The van der Waals surface area contributed by atoms with E-state index < -0.39 is 66.4 Å². The maximum atomic E-state index is 12.6. The highest BCUT2D eigenvalue weighted by Crippen LogP contribution is 2.05. The first-order valence-electron chi connectivity index (χ1n) is 9.55. The lowest BCUT2D eigenvalue weighted by Gasteiger charge is -2.26. The van der Waals surface area contributed by atoms with Crippen molar-refractivity contribution in [1.82, 2.24) is 16.0 Å². The Balaban J connectivity index is 5.32. The second kappa shape index (κ2) is 12.8. The predicted molar refractivity (Wildman–Crippen MR) is 105 cm³/mol. The molecule has 3 amide bonds. The molecule has 0 aliphatic carbocycles. The minimum absolute atomic E-state index is 0.116. The highest BCUT2D eigenvalue weighted by Gasteiger charge is 2.32. The van der Waals surface area contributed by atoms with Crippen molar-refractivity contribution in [2.45, 2.75) is 77.2 Å². The molecule has 0 saturated heterocycles. The molecule has 8 N–H and O–H groups in total. The molecule has 12 heteroatoms. The number of carbonyl (C=O) groups excluding carboxylic acids is 3. The standard InChI is InChI=1S/C18H32N4O8/c1-8(2)7-11(19)15(26)22-14(10(4)23)17(28)21-12(5-6-13(24)25)16(27)20-9(3)18(29)30/h8-12,14,23H,5-7,19H2,1-4H3,(H,20,27)(H,21,28)(H,22,26)(H,24,25)(H,29,30). The van der Waals surface area contributed by atoms with Gasteiger partial charge in [-0.2, -0.15) is 0 Å². The lowest BCUT2D eigenvalue weighted by Crippen LogP contribution is -2.59. The van der Waals surface area contributed by atoms with Gasteiger partial charge in [-0.25, -0.2) is 0 Å². The normalized spacial score (nSPS) is 16.0. The van der Waals surface area contributed by atoms with E-state index in [9.17, 15) is 29.1 Å². The van der Waals surface area contributed by atoms with Crippen LogP contribution >= 0.6 is 0 Å². The third kappa shape index (κ3) is 10.2. The van der Waals surface area contributed by atoms with E-state index in [2.05, 4.69) is 16.0 Å². The maximum absolute atomic E-state index is 12.6. The number of carboxylic acids is 2. The predicted octanol–water partition coefficient (Wildman–Crippen LogP) is -1.84. The second-order valence-electron chi connectivity index (χ2n) is 7.53. The van der Waals surface area contributed by atoms with Crippen LogP contribution in [0.5, 0.6) is 0 Å². The highest BCUT2D eigenvalue weighted by atomic mass is 16.4. The molecule has 0 aromatic heterocycles. The number of rotatable bonds is 13. The van der Waals surface area contributed by atoms with Crippen LogP contribution in [-0.2, 0) is 24.0 Å². The van der Waals surface area contributed by atoms with Crippen LogP contribution in [0.15, 0.2) is 0 Å². The van der Waals surface area contributed by atoms with Gasteiger partial charge >= 0.3 is 11.9 Å². The number of amides is 3. The van der Waals surface area contributed by atoms with Crippen LogP contribution in [0.25, 0.3) is 0 Å². The summed E-state index contributed by atoms with van der Waals surface area (Å²) >= 11 is 0. The fourth-order valence-corrected chi connectivity index (χ4v) is 2.45. The molecular weight excluding hydrogens is 400 g/mol. The van der Waals surface area contributed by atoms with Crippen molar-refractivity contribution < 1.29 is 39.3 Å². The monoisotopic (exact) mass is 432 g/mol. The van der Waals surface area contributed by atoms with Gasteiger partial charge in [0, 0.05) is 6.42 Å². The average molecular weight is 432 g/mol. The van der Waals surface area contributed by atoms with Crippen LogP contribution < -0.4 is 21.7 Å². The number of carbonyl (C=O) groups is 5. The molecule has 0 aromatic carbocycles. The van der Waals surface area contributed by atoms with Crippen molar-refractivity contribution >= 4 is 29.7 Å². The second-order valence-corrected chi connectivity index (χ2v) is 7.53. The van der Waals surface area contributed by atoms with Crippen molar-refractivity contribution in [3.05, 3.63) is 0 Å². The Hall–Kier alpha value is -2.73. The first-order chi connectivity index (χ1) is 13.8. The molecule has 0 spiro atoms. The third-order valence-corrected chi connectivity index (χ3v) is 4.13. The van der Waals surface area contributed by atoms with Crippen LogP contribution in [-0.4, -0.2) is 75.3 Å². The number of nitrogens with two attached hydrogens (primary N) is 1. The Kier molecular flexibility index (Phi) is 11.6. The topological polar surface area (TPSA) is 208 Å². The van der Waals surface area contributed by atoms with E-state index in [1.54, 1.807) is 0 Å². The van der Waals surface area contributed by atoms with Gasteiger partial charge in [0.2, 0.25) is 17.7 Å². The van der Waals surface area contributed by atoms with Crippen LogP contribution in [0.1, 0.15) is 47.0 Å². The molecule has 0 rings (SSSR count). The van der Waals surface area contributed by atoms with Crippen LogP contribution in [0.3, 0.4) is 0 Å². The first-order valence-corrected chi connectivity index (χ1v) is 9.55. The molecule has 0 aliphatic rings. The fraction of sp³-hybridized carbons (Fsp3) is 0.722. The number of carboxylic acid groups (broad SMARTS) is 2. The molecule has 0 aliphatic heterocycles. The first kappa shape index (κ1) is 27.3. The summed E-state index contributed by atoms with van der Waals surface area (Å²) in [6, 6.07) is -5.03. The summed E-state index contributed by atoms with van der Waals surface area (Å²) < 4.78 is 0. The van der Waals surface area contributed by atoms with Crippen LogP contribution in [0.2, 0.25) is 0 Å². The summed E-state index contributed by atoms with van der Waals surface area (Å²) in [6.45, 7) is 6.16. The molecule has 172 valence electrons. The lowest BCUT2D eigenvalue weighted by atomic mass is 10.0. The summed E-state index contributed by atoms with van der Waals surface area (Å²) in [6.07, 6.45) is -1.81. The highest BCUT2D eigenvalue weighted by molar-refractivity contribution is 5.94. The smallest absolute Gasteiger partial charge is 0.325 e. The summed E-state index contributed by atoms with van der Waals surface area (Å²) in [5, 5.41) is 34.4. The summed E-state index contributed by atoms with van der Waals surface area (Å²) in [4.78, 5) is 58.8. The summed E-state index contributed by atoms with van der Waals surface area (Å²) in [7, 11) is 0. The molecule has 5 atom stereocenters. The van der Waals surface area contributed by atoms with E-state index in [1.807, 2.05) is 13.8 Å². The minimum Gasteiger partial charge on any atom is -0.481 e. The average Bonchev–Trinajstić information content (AvgIpc) is 2.61. The van der Waals surface area contributed by atoms with Gasteiger partial charge in [0.25, 0.3) is 0 Å². The van der Waals surface area contributed by atoms with E-state index in [-0.39, 0.29) is 12.3 Å². The molecule has 5 unspecified atom stereocenters. The zero-order chi connectivity index (χ0) is 23.6. The zero-order valence-electron chi connectivity index (χ0n) is 17.5. The molecule has 0 heterocycles. The Morgan fingerprint density at radius 1 is 0.867 bits per heavy atom. The number of nitrogens with one attached hydrogen (secondary N) is 3. The number of hydrogen-bond donors (Lipinski definition) is 7. The molecular formula is C18H32N4O8. The number of aliphatic hydroxyl groups is 1. The van der Waals surface area contributed by atoms with Crippen molar-refractivity contribution in [3.63, 3.8) is 0 Å². The van der Waals surface area contributed by atoms with Gasteiger partial charge in [-0.1, -0.05) is 13.8 Å². The van der Waals surface area contributed by atoms with Gasteiger partial charge in [0.1, 0.15) is 18.1 Å². The van der Waals surface area contributed by atoms with Gasteiger partial charge in [0.05, 0.1) is 12.1 Å². The van der Waals surface area contributed by atoms with E-state index in [0.29, 0.717) is 6.42 Å². The Morgan fingerprint density at radius 2 is 1.43 bits per heavy atom. The SMILES string of the molecule is CC(C)CC(N)C(=O)NC(C(=O)NC(CCC(=O)O)C(=O)NC(C)C(=O)O)C(C)O. The molecule has 0 bridgehead atoms. The quantitative estimate of drug-likeness (QED) is 0.174. The molecule has 0 radical (unpaired) electrons. The summed E-state index contributed by atoms with van der Waals surface area (Å²) in [5.74, 6) is -4.95. The molecule has 12 nitrogen and oxygen atoms in total. The minimum atomic E-state index is -1.45. The van der Waals surface area contributed by atoms with Gasteiger partial charge < -0.3 is 37.0 Å². The number of hydrogen-bond acceptors (Lipinski definition) is 7. The Labute approximate surface area is 174 Å². The Morgan fingerprint density at radius 3 is 1.87 bits per heavy atom. The van der Waals surface area contributed by atoms with E-state index in [1.165, 1.54) is 13.8 Å². The van der Waals surface area contributed by atoms with Gasteiger partial charge in [-0.15, -0.1) is 0 Å². The third-order valence-electron chi connectivity index (χ3n) is 4.13. The lowest BCUT2D eigenvalue weighted by molar-refractivity contribution is -0.142. The van der Waals surface area contributed by atoms with E-state index in [0.717, 1.165) is 0 Å². The van der Waals surface area contributed by atoms with E-state index >= 15 is 0 Å². The maximum Gasteiger partial charge on any atom is 0.325 e. The van der Waals surface area contributed by atoms with Crippen molar-refractivity contribution in [3.8, 4) is 0 Å². The van der Waals surface area contributed by atoms with Crippen molar-refractivity contribution in [2.24, 2.45) is 11.7 Å². The number of aliphatic hydroxyl groups excluding tert-OH is 1.